The van der Waals surface area contributed by atoms with Crippen molar-refractivity contribution in [3.8, 4) is 0 Å². The third kappa shape index (κ3) is 7.77. The lowest BCUT2D eigenvalue weighted by molar-refractivity contribution is -0.138. The quantitative estimate of drug-likeness (QED) is 0.402. The molecule has 0 bridgehead atoms. The topological polar surface area (TPSA) is 107 Å². The number of nitrogens with zero attached hydrogens (tertiary/aromatic N) is 3. The Morgan fingerprint density at radius 1 is 1.15 bits per heavy atom. The number of pyridine rings is 1. The summed E-state index contributed by atoms with van der Waals surface area (Å²) in [6.45, 7) is 9.35. The largest absolute Gasteiger partial charge is 0.481 e. The van der Waals surface area contributed by atoms with Gasteiger partial charge in [-0.2, -0.15) is 0 Å². The van der Waals surface area contributed by atoms with Gasteiger partial charge in [0.25, 0.3) is 0 Å². The van der Waals surface area contributed by atoms with Crippen LogP contribution < -0.4 is 15.5 Å². The Bertz CT molecular complexity index is 1200. The molecule has 2 saturated heterocycles. The molecule has 0 aliphatic carbocycles. The molecule has 0 unspecified atom stereocenters. The van der Waals surface area contributed by atoms with Crippen molar-refractivity contribution in [1.29, 1.82) is 0 Å². The zero-order valence-corrected chi connectivity index (χ0v) is 24.5. The van der Waals surface area contributed by atoms with E-state index in [4.69, 9.17) is 9.72 Å². The molecular formula is C32H45N5O4. The molecule has 4 atom stereocenters. The number of carbonyl (C=O) groups excluding carboxylic acids is 1. The minimum atomic E-state index is -0.928. The first-order valence-corrected chi connectivity index (χ1v) is 15.3. The van der Waals surface area contributed by atoms with Crippen LogP contribution in [0.4, 0.5) is 11.5 Å². The van der Waals surface area contributed by atoms with Gasteiger partial charge >= 0.3 is 5.97 Å². The summed E-state index contributed by atoms with van der Waals surface area (Å²) in [5.74, 6) is -0.849. The van der Waals surface area contributed by atoms with E-state index in [1.165, 1.54) is 5.56 Å². The summed E-state index contributed by atoms with van der Waals surface area (Å²) >= 11 is 0. The number of aliphatic carboxylic acids is 1. The van der Waals surface area contributed by atoms with E-state index >= 15 is 0 Å². The molecule has 9 heteroatoms. The summed E-state index contributed by atoms with van der Waals surface area (Å²) in [5.41, 5.74) is 4.13. The number of hydrogen-bond donors (Lipinski definition) is 3. The molecule has 222 valence electrons. The maximum atomic E-state index is 13.2. The fraction of sp³-hybridized carbons (Fsp3) is 0.594. The van der Waals surface area contributed by atoms with Crippen molar-refractivity contribution in [2.24, 2.45) is 5.92 Å². The molecule has 1 amide bonds. The van der Waals surface area contributed by atoms with Crippen LogP contribution in [0.2, 0.25) is 0 Å². The molecule has 41 heavy (non-hydrogen) atoms. The number of fused-ring (bicyclic) bond motifs is 1. The molecule has 1 aromatic carbocycles. The average molecular weight is 564 g/mol. The van der Waals surface area contributed by atoms with Crippen LogP contribution in [0.25, 0.3) is 0 Å². The van der Waals surface area contributed by atoms with Crippen LogP contribution in [0.1, 0.15) is 62.3 Å². The SMILES string of the molecule is C[C@@H]1CN(c2cccc([C@H](CNC(=O)[C@@H]3CCCN(CCCc4ccc5c(n4)NCCC5)C3)C(=O)O)c2)C[C@@H](C)O1. The smallest absolute Gasteiger partial charge is 0.312 e. The van der Waals surface area contributed by atoms with Gasteiger partial charge in [-0.05, 0) is 94.8 Å². The number of rotatable bonds is 10. The maximum absolute atomic E-state index is 13.2. The Morgan fingerprint density at radius 2 is 1.98 bits per heavy atom. The number of aryl methyl sites for hydroxylation is 2. The third-order valence-electron chi connectivity index (χ3n) is 8.57. The second kappa shape index (κ2) is 13.7. The molecule has 2 fully saturated rings. The van der Waals surface area contributed by atoms with Crippen molar-refractivity contribution in [2.75, 3.05) is 56.0 Å². The molecule has 3 aliphatic rings. The van der Waals surface area contributed by atoms with E-state index in [1.807, 2.05) is 24.3 Å². The molecular weight excluding hydrogens is 518 g/mol. The van der Waals surface area contributed by atoms with E-state index in [1.54, 1.807) is 0 Å². The Hall–Kier alpha value is -3.17. The Labute approximate surface area is 243 Å². The van der Waals surface area contributed by atoms with Gasteiger partial charge in [-0.1, -0.05) is 18.2 Å². The third-order valence-corrected chi connectivity index (χ3v) is 8.57. The van der Waals surface area contributed by atoms with E-state index in [2.05, 4.69) is 46.4 Å². The number of amides is 1. The molecule has 0 spiro atoms. The minimum absolute atomic E-state index is 0.0460. The minimum Gasteiger partial charge on any atom is -0.481 e. The second-order valence-electron chi connectivity index (χ2n) is 12.0. The number of aromatic nitrogens is 1. The van der Waals surface area contributed by atoms with Gasteiger partial charge in [-0.15, -0.1) is 0 Å². The van der Waals surface area contributed by atoms with Gasteiger partial charge in [0.2, 0.25) is 5.91 Å². The van der Waals surface area contributed by atoms with Gasteiger partial charge in [-0.25, -0.2) is 4.98 Å². The number of carboxylic acids is 1. The highest BCUT2D eigenvalue weighted by Crippen LogP contribution is 2.26. The summed E-state index contributed by atoms with van der Waals surface area (Å²) < 4.78 is 5.85. The predicted molar refractivity (Wildman–Crippen MR) is 161 cm³/mol. The van der Waals surface area contributed by atoms with Crippen LogP contribution >= 0.6 is 0 Å². The monoisotopic (exact) mass is 563 g/mol. The highest BCUT2D eigenvalue weighted by Gasteiger charge is 2.29. The zero-order chi connectivity index (χ0) is 28.8. The summed E-state index contributed by atoms with van der Waals surface area (Å²) in [4.78, 5) is 34.8. The normalized spacial score (nSPS) is 23.8. The number of hydrogen-bond acceptors (Lipinski definition) is 7. The van der Waals surface area contributed by atoms with Crippen LogP contribution in [0.15, 0.2) is 36.4 Å². The number of likely N-dealkylation sites (tertiary alicyclic amines) is 1. The number of nitrogens with one attached hydrogen (secondary N) is 2. The highest BCUT2D eigenvalue weighted by atomic mass is 16.5. The van der Waals surface area contributed by atoms with Crippen molar-refractivity contribution in [3.05, 3.63) is 53.2 Å². The number of carbonyl (C=O) groups is 2. The molecule has 1 aromatic heterocycles. The van der Waals surface area contributed by atoms with Crippen LogP contribution in [0.5, 0.6) is 0 Å². The van der Waals surface area contributed by atoms with E-state index in [-0.39, 0.29) is 30.6 Å². The molecule has 0 radical (unpaired) electrons. The second-order valence-corrected chi connectivity index (χ2v) is 12.0. The van der Waals surface area contributed by atoms with E-state index in [9.17, 15) is 14.7 Å². The average Bonchev–Trinajstić information content (AvgIpc) is 2.97. The number of piperidine rings is 1. The lowest BCUT2D eigenvalue weighted by Crippen LogP contribution is -2.45. The van der Waals surface area contributed by atoms with Crippen molar-refractivity contribution < 1.29 is 19.4 Å². The van der Waals surface area contributed by atoms with Gasteiger partial charge in [0.1, 0.15) is 5.82 Å². The summed E-state index contributed by atoms with van der Waals surface area (Å²) in [7, 11) is 0. The molecule has 3 aliphatic heterocycles. The fourth-order valence-electron chi connectivity index (χ4n) is 6.49. The van der Waals surface area contributed by atoms with Crippen molar-refractivity contribution in [2.45, 2.75) is 70.5 Å². The summed E-state index contributed by atoms with van der Waals surface area (Å²) in [6, 6.07) is 12.1. The number of anilines is 2. The van der Waals surface area contributed by atoms with E-state index in [0.29, 0.717) is 12.1 Å². The lowest BCUT2D eigenvalue weighted by Gasteiger charge is -2.37. The molecule has 5 rings (SSSR count). The number of benzene rings is 1. The fourth-order valence-corrected chi connectivity index (χ4v) is 6.49. The van der Waals surface area contributed by atoms with Gasteiger partial charge < -0.3 is 30.3 Å². The Morgan fingerprint density at radius 3 is 2.78 bits per heavy atom. The first kappa shape index (κ1) is 29.3. The van der Waals surface area contributed by atoms with Gasteiger partial charge in [-0.3, -0.25) is 9.59 Å². The Balaban J connectivity index is 1.11. The van der Waals surface area contributed by atoms with Crippen LogP contribution in [-0.2, 0) is 27.2 Å². The van der Waals surface area contributed by atoms with E-state index in [0.717, 1.165) is 88.4 Å². The molecule has 2 aromatic rings. The highest BCUT2D eigenvalue weighted by molar-refractivity contribution is 5.81. The summed E-state index contributed by atoms with van der Waals surface area (Å²) in [6.07, 6.45) is 6.22. The van der Waals surface area contributed by atoms with Crippen molar-refractivity contribution in [1.82, 2.24) is 15.2 Å². The van der Waals surface area contributed by atoms with Gasteiger partial charge in [0, 0.05) is 44.1 Å². The molecule has 4 heterocycles. The molecule has 0 saturated carbocycles. The number of carboxylic acid groups (broad SMARTS) is 1. The first-order chi connectivity index (χ1) is 19.9. The van der Waals surface area contributed by atoms with E-state index < -0.39 is 11.9 Å². The predicted octanol–water partition coefficient (Wildman–Crippen LogP) is 3.68. The number of morpholine rings is 1. The first-order valence-electron chi connectivity index (χ1n) is 15.3. The van der Waals surface area contributed by atoms with Crippen molar-refractivity contribution >= 4 is 23.4 Å². The maximum Gasteiger partial charge on any atom is 0.312 e. The Kier molecular flexibility index (Phi) is 9.77. The van der Waals surface area contributed by atoms with Crippen LogP contribution in [-0.4, -0.2) is 84.9 Å². The standard InChI is InChI=1S/C32H45N5O4/c1-22-19-37(20-23(2)41-22)28-11-3-7-25(17-28)29(32(39)40)18-34-31(38)26-9-5-15-36(21-26)16-6-10-27-13-12-24-8-4-14-33-30(24)35-27/h3,7,11-13,17,22-23,26,29H,4-6,8-10,14-16,18-21H2,1-2H3,(H,33,35)(H,34,38)(H,39,40)/t22-,23-,26-,29+/m1/s1. The van der Waals surface area contributed by atoms with Gasteiger partial charge in [0.15, 0.2) is 0 Å². The van der Waals surface area contributed by atoms with Crippen LogP contribution in [0.3, 0.4) is 0 Å². The summed E-state index contributed by atoms with van der Waals surface area (Å²) in [5, 5.41) is 16.4. The van der Waals surface area contributed by atoms with Gasteiger partial charge in [0.05, 0.1) is 24.0 Å². The molecule has 3 N–H and O–H groups in total. The lowest BCUT2D eigenvalue weighted by atomic mass is 9.95. The molecule has 9 nitrogen and oxygen atoms in total. The van der Waals surface area contributed by atoms with Crippen LogP contribution in [0, 0.1) is 5.92 Å². The zero-order valence-electron chi connectivity index (χ0n) is 24.5. The van der Waals surface area contributed by atoms with Crippen molar-refractivity contribution in [3.63, 3.8) is 0 Å². The number of ether oxygens (including phenoxy) is 1.